The Bertz CT molecular complexity index is 314. The number of hydrogen-bond acceptors (Lipinski definition) is 5. The molecule has 4 atom stereocenters. The summed E-state index contributed by atoms with van der Waals surface area (Å²) in [7, 11) is 0. The van der Waals surface area contributed by atoms with Crippen LogP contribution < -0.4 is 11.3 Å². The highest BCUT2D eigenvalue weighted by molar-refractivity contribution is 7.05. The largest absolute Gasteiger partial charge is 0.271 e. The van der Waals surface area contributed by atoms with E-state index < -0.39 is 0 Å². The fraction of sp³-hybridized carbons (Fsp3) is 0.818. The molecule has 0 amide bonds. The van der Waals surface area contributed by atoms with Crippen molar-refractivity contribution in [3.63, 3.8) is 0 Å². The number of nitrogens with two attached hydrogens (primary N) is 1. The lowest BCUT2D eigenvalue weighted by Gasteiger charge is -2.35. The lowest BCUT2D eigenvalue weighted by atomic mass is 9.73. The highest BCUT2D eigenvalue weighted by atomic mass is 32.1. The Balaban J connectivity index is 2.05. The summed E-state index contributed by atoms with van der Waals surface area (Å²) in [6.45, 7) is 4.69. The van der Waals surface area contributed by atoms with Crippen molar-refractivity contribution in [1.82, 2.24) is 15.0 Å². The fourth-order valence-corrected chi connectivity index (χ4v) is 3.31. The number of hydrazine groups is 1. The predicted octanol–water partition coefficient (Wildman–Crippen LogP) is 2.11. The average Bonchev–Trinajstić information content (AvgIpc) is 2.78. The SMILES string of the molecule is CC1CCC(C(NN)c2cnns2)CC1C. The van der Waals surface area contributed by atoms with Crippen LogP contribution in [0.5, 0.6) is 0 Å². The van der Waals surface area contributed by atoms with Crippen molar-refractivity contribution < 1.29 is 0 Å². The van der Waals surface area contributed by atoms with Crippen molar-refractivity contribution in [2.24, 2.45) is 23.6 Å². The van der Waals surface area contributed by atoms with Crippen LogP contribution in [0.15, 0.2) is 6.20 Å². The van der Waals surface area contributed by atoms with E-state index in [0.717, 1.165) is 16.7 Å². The summed E-state index contributed by atoms with van der Waals surface area (Å²) in [5, 5.41) is 3.89. The zero-order valence-electron chi connectivity index (χ0n) is 9.89. The van der Waals surface area contributed by atoms with E-state index in [0.29, 0.717) is 5.92 Å². The topological polar surface area (TPSA) is 63.8 Å². The number of rotatable bonds is 3. The minimum atomic E-state index is 0.231. The molecule has 1 aromatic rings. The Morgan fingerprint density at radius 3 is 2.81 bits per heavy atom. The van der Waals surface area contributed by atoms with Crippen molar-refractivity contribution in [2.45, 2.75) is 39.2 Å². The van der Waals surface area contributed by atoms with Gasteiger partial charge in [0.1, 0.15) is 0 Å². The molecule has 0 aliphatic heterocycles. The Hall–Kier alpha value is -0.520. The van der Waals surface area contributed by atoms with Crippen LogP contribution >= 0.6 is 11.5 Å². The zero-order chi connectivity index (χ0) is 11.5. The lowest BCUT2D eigenvalue weighted by Crippen LogP contribution is -2.36. The van der Waals surface area contributed by atoms with Crippen LogP contribution in [-0.4, -0.2) is 9.59 Å². The monoisotopic (exact) mass is 240 g/mol. The summed E-state index contributed by atoms with van der Waals surface area (Å²) in [5.74, 6) is 7.93. The summed E-state index contributed by atoms with van der Waals surface area (Å²) in [5.41, 5.74) is 2.94. The molecule has 3 N–H and O–H groups in total. The van der Waals surface area contributed by atoms with Gasteiger partial charge in [-0.2, -0.15) is 0 Å². The minimum Gasteiger partial charge on any atom is -0.271 e. The van der Waals surface area contributed by atoms with Crippen LogP contribution in [0.1, 0.15) is 44.0 Å². The maximum Gasteiger partial charge on any atom is 0.0669 e. The van der Waals surface area contributed by atoms with Gasteiger partial charge in [0.05, 0.1) is 17.1 Å². The van der Waals surface area contributed by atoms with Gasteiger partial charge >= 0.3 is 0 Å². The van der Waals surface area contributed by atoms with Gasteiger partial charge in [0, 0.05) is 0 Å². The molecule has 5 heteroatoms. The van der Waals surface area contributed by atoms with Crippen molar-refractivity contribution >= 4 is 11.5 Å². The molecule has 4 nitrogen and oxygen atoms in total. The highest BCUT2D eigenvalue weighted by Gasteiger charge is 2.31. The molecule has 16 heavy (non-hydrogen) atoms. The van der Waals surface area contributed by atoms with E-state index in [9.17, 15) is 0 Å². The maximum atomic E-state index is 5.68. The highest BCUT2D eigenvalue weighted by Crippen LogP contribution is 2.39. The third-order valence-corrected chi connectivity index (χ3v) is 4.72. The summed E-state index contributed by atoms with van der Waals surface area (Å²) in [4.78, 5) is 1.16. The molecule has 0 spiro atoms. The molecule has 1 aliphatic carbocycles. The van der Waals surface area contributed by atoms with Gasteiger partial charge in [0.15, 0.2) is 0 Å². The second kappa shape index (κ2) is 5.21. The van der Waals surface area contributed by atoms with Gasteiger partial charge in [-0.15, -0.1) is 5.10 Å². The van der Waals surface area contributed by atoms with Gasteiger partial charge in [-0.3, -0.25) is 11.3 Å². The first-order valence-corrected chi connectivity index (χ1v) is 6.73. The van der Waals surface area contributed by atoms with E-state index in [-0.39, 0.29) is 6.04 Å². The maximum absolute atomic E-state index is 5.68. The van der Waals surface area contributed by atoms with E-state index in [1.807, 2.05) is 6.20 Å². The molecular weight excluding hydrogens is 220 g/mol. The second-order valence-corrected chi connectivity index (χ2v) is 5.81. The van der Waals surface area contributed by atoms with E-state index in [1.165, 1.54) is 30.8 Å². The fourth-order valence-electron chi connectivity index (χ4n) is 2.65. The zero-order valence-corrected chi connectivity index (χ0v) is 10.7. The third kappa shape index (κ3) is 2.42. The molecular formula is C11H20N4S. The molecule has 2 rings (SSSR count). The first-order valence-electron chi connectivity index (χ1n) is 5.95. The molecule has 1 heterocycles. The lowest BCUT2D eigenvalue weighted by molar-refractivity contribution is 0.172. The third-order valence-electron chi connectivity index (χ3n) is 3.97. The minimum absolute atomic E-state index is 0.231. The van der Waals surface area contributed by atoms with Crippen LogP contribution in [-0.2, 0) is 0 Å². The Kier molecular flexibility index (Phi) is 3.89. The summed E-state index contributed by atoms with van der Waals surface area (Å²) in [6.07, 6.45) is 5.63. The number of hydrogen-bond donors (Lipinski definition) is 2. The van der Waals surface area contributed by atoms with Crippen molar-refractivity contribution in [2.75, 3.05) is 0 Å². The molecule has 90 valence electrons. The first-order chi connectivity index (χ1) is 7.72. The molecule has 4 unspecified atom stereocenters. The van der Waals surface area contributed by atoms with Crippen molar-refractivity contribution in [3.05, 3.63) is 11.1 Å². The molecule has 1 saturated carbocycles. The summed E-state index contributed by atoms with van der Waals surface area (Å²) in [6, 6.07) is 0.231. The Labute approximate surface area is 101 Å². The van der Waals surface area contributed by atoms with Crippen molar-refractivity contribution in [3.8, 4) is 0 Å². The van der Waals surface area contributed by atoms with E-state index in [4.69, 9.17) is 5.84 Å². The molecule has 1 aliphatic rings. The molecule has 0 bridgehead atoms. The van der Waals surface area contributed by atoms with Gasteiger partial charge in [-0.05, 0) is 42.1 Å². The molecule has 1 fully saturated rings. The average molecular weight is 240 g/mol. The normalized spacial score (nSPS) is 32.6. The van der Waals surface area contributed by atoms with Crippen LogP contribution in [0.3, 0.4) is 0 Å². The van der Waals surface area contributed by atoms with E-state index in [1.54, 1.807) is 0 Å². The Morgan fingerprint density at radius 2 is 2.25 bits per heavy atom. The van der Waals surface area contributed by atoms with E-state index in [2.05, 4.69) is 28.9 Å². The smallest absolute Gasteiger partial charge is 0.0669 e. The van der Waals surface area contributed by atoms with Gasteiger partial charge in [0.2, 0.25) is 0 Å². The van der Waals surface area contributed by atoms with Crippen LogP contribution in [0.2, 0.25) is 0 Å². The number of nitrogens with one attached hydrogen (secondary N) is 1. The van der Waals surface area contributed by atoms with Gasteiger partial charge in [0.25, 0.3) is 0 Å². The van der Waals surface area contributed by atoms with Crippen LogP contribution in [0.4, 0.5) is 0 Å². The first kappa shape index (κ1) is 12.0. The van der Waals surface area contributed by atoms with E-state index >= 15 is 0 Å². The van der Waals surface area contributed by atoms with Gasteiger partial charge in [-0.1, -0.05) is 24.8 Å². The number of aromatic nitrogens is 2. The molecule has 1 aromatic heterocycles. The summed E-state index contributed by atoms with van der Waals surface area (Å²) >= 11 is 1.45. The quantitative estimate of drug-likeness (QED) is 0.627. The standard InChI is InChI=1S/C11H20N4S/c1-7-3-4-9(5-8(7)2)11(14-12)10-6-13-15-16-10/h6-9,11,14H,3-5,12H2,1-2H3. The van der Waals surface area contributed by atoms with Crippen LogP contribution in [0, 0.1) is 17.8 Å². The van der Waals surface area contributed by atoms with Gasteiger partial charge < -0.3 is 0 Å². The molecule has 0 radical (unpaired) electrons. The molecule has 0 saturated heterocycles. The number of nitrogens with zero attached hydrogens (tertiary/aromatic N) is 2. The Morgan fingerprint density at radius 1 is 1.44 bits per heavy atom. The van der Waals surface area contributed by atoms with Crippen molar-refractivity contribution in [1.29, 1.82) is 0 Å². The second-order valence-electron chi connectivity index (χ2n) is 4.99. The molecule has 0 aromatic carbocycles. The predicted molar refractivity (Wildman–Crippen MR) is 65.6 cm³/mol. The van der Waals surface area contributed by atoms with Crippen LogP contribution in [0.25, 0.3) is 0 Å². The summed E-state index contributed by atoms with van der Waals surface area (Å²) < 4.78 is 3.92. The van der Waals surface area contributed by atoms with Gasteiger partial charge in [-0.25, -0.2) is 0 Å².